The van der Waals surface area contributed by atoms with E-state index in [4.69, 9.17) is 0 Å². The highest BCUT2D eigenvalue weighted by Crippen LogP contribution is 2.18. The topological polar surface area (TPSA) is 58.2 Å². The Morgan fingerprint density at radius 1 is 1.44 bits per heavy atom. The van der Waals surface area contributed by atoms with Gasteiger partial charge < -0.3 is 10.6 Å². The molecule has 1 aromatic carbocycles. The number of benzene rings is 1. The van der Waals surface area contributed by atoms with Crippen molar-refractivity contribution in [3.8, 4) is 0 Å². The largest absolute Gasteiger partial charge is 0.385 e. The molecule has 0 saturated heterocycles. The molecule has 0 fully saturated rings. The number of anilines is 1. The van der Waals surface area contributed by atoms with Gasteiger partial charge in [0.1, 0.15) is 5.82 Å². The van der Waals surface area contributed by atoms with Crippen LogP contribution in [0, 0.1) is 5.82 Å². The van der Waals surface area contributed by atoms with Gasteiger partial charge in [0.15, 0.2) is 0 Å². The van der Waals surface area contributed by atoms with Gasteiger partial charge in [0.25, 0.3) is 5.91 Å². The molecule has 1 atom stereocenters. The van der Waals surface area contributed by atoms with Crippen molar-refractivity contribution in [1.29, 1.82) is 0 Å². The van der Waals surface area contributed by atoms with Crippen LogP contribution in [0.4, 0.5) is 10.1 Å². The van der Waals surface area contributed by atoms with Gasteiger partial charge in [0, 0.05) is 35.9 Å². The molecular weight excluding hydrogens is 255 g/mol. The van der Waals surface area contributed by atoms with Gasteiger partial charge in [-0.3, -0.25) is 9.00 Å². The molecule has 0 heterocycles. The van der Waals surface area contributed by atoms with Gasteiger partial charge in [-0.25, -0.2) is 4.39 Å². The molecule has 0 radical (unpaired) electrons. The Balaban J connectivity index is 2.67. The summed E-state index contributed by atoms with van der Waals surface area (Å²) in [6.07, 6.45) is 0. The van der Waals surface area contributed by atoms with Crippen LogP contribution in [0.2, 0.25) is 0 Å². The quantitative estimate of drug-likeness (QED) is 0.822. The number of hydrogen-bond donors (Lipinski definition) is 2. The van der Waals surface area contributed by atoms with Crippen LogP contribution >= 0.6 is 0 Å². The highest BCUT2D eigenvalue weighted by molar-refractivity contribution is 7.84. The molecule has 2 N–H and O–H groups in total. The van der Waals surface area contributed by atoms with E-state index in [1.165, 1.54) is 12.1 Å². The van der Waals surface area contributed by atoms with Gasteiger partial charge in [-0.05, 0) is 12.1 Å². The zero-order valence-corrected chi connectivity index (χ0v) is 11.3. The van der Waals surface area contributed by atoms with Crippen molar-refractivity contribution >= 4 is 22.4 Å². The molecule has 0 saturated carbocycles. The maximum Gasteiger partial charge on any atom is 0.253 e. The van der Waals surface area contributed by atoms with Gasteiger partial charge in [-0.1, -0.05) is 13.0 Å². The zero-order chi connectivity index (χ0) is 13.5. The Kier molecular flexibility index (Phi) is 5.77. The van der Waals surface area contributed by atoms with Gasteiger partial charge in [0.2, 0.25) is 0 Å². The number of carbonyl (C=O) groups excluding carboxylic acids is 1. The zero-order valence-electron chi connectivity index (χ0n) is 10.5. The second kappa shape index (κ2) is 7.10. The van der Waals surface area contributed by atoms with E-state index in [0.717, 1.165) is 0 Å². The minimum atomic E-state index is -0.916. The van der Waals surface area contributed by atoms with Crippen LogP contribution in [0.1, 0.15) is 17.3 Å². The van der Waals surface area contributed by atoms with E-state index in [1.807, 2.05) is 6.92 Å². The van der Waals surface area contributed by atoms with Crippen LogP contribution in [0.25, 0.3) is 0 Å². The minimum Gasteiger partial charge on any atom is -0.385 e. The summed E-state index contributed by atoms with van der Waals surface area (Å²) in [5.74, 6) is 0.138. The van der Waals surface area contributed by atoms with E-state index in [-0.39, 0.29) is 17.2 Å². The summed E-state index contributed by atoms with van der Waals surface area (Å²) in [7, 11) is 0.641. The number of nitrogens with one attached hydrogen (secondary N) is 2. The third kappa shape index (κ3) is 3.80. The number of rotatable bonds is 6. The first-order valence-corrected chi connectivity index (χ1v) is 7.18. The first-order valence-electron chi connectivity index (χ1n) is 5.69. The highest BCUT2D eigenvalue weighted by atomic mass is 32.2. The number of para-hydroxylation sites is 1. The van der Waals surface area contributed by atoms with Crippen molar-refractivity contribution in [2.75, 3.05) is 30.4 Å². The summed E-state index contributed by atoms with van der Waals surface area (Å²) in [6, 6.07) is 4.31. The van der Waals surface area contributed by atoms with Crippen molar-refractivity contribution in [3.05, 3.63) is 29.6 Å². The molecular formula is C12H17FN2O2S. The van der Waals surface area contributed by atoms with Crippen LogP contribution in [0.5, 0.6) is 0 Å². The fraction of sp³-hybridized carbons (Fsp3) is 0.417. The fourth-order valence-corrected chi connectivity index (χ4v) is 2.10. The molecule has 0 aliphatic carbocycles. The molecule has 6 heteroatoms. The smallest absolute Gasteiger partial charge is 0.253 e. The van der Waals surface area contributed by atoms with E-state index in [2.05, 4.69) is 10.6 Å². The molecule has 4 nitrogen and oxygen atoms in total. The molecule has 0 aliphatic heterocycles. The van der Waals surface area contributed by atoms with E-state index < -0.39 is 16.6 Å². The molecule has 0 spiro atoms. The minimum absolute atomic E-state index is 0.173. The summed E-state index contributed by atoms with van der Waals surface area (Å²) in [6.45, 7) is 2.14. The number of hydrogen-bond acceptors (Lipinski definition) is 3. The summed E-state index contributed by atoms with van der Waals surface area (Å²) in [5, 5.41) is 5.29. The molecule has 1 unspecified atom stereocenters. The predicted octanol–water partition coefficient (Wildman–Crippen LogP) is 1.37. The predicted molar refractivity (Wildman–Crippen MR) is 71.8 cm³/mol. The lowest BCUT2D eigenvalue weighted by Gasteiger charge is -2.10. The van der Waals surface area contributed by atoms with Gasteiger partial charge in [-0.15, -0.1) is 0 Å². The lowest BCUT2D eigenvalue weighted by molar-refractivity contribution is 0.0956. The first kappa shape index (κ1) is 14.6. The second-order valence-electron chi connectivity index (χ2n) is 3.60. The van der Waals surface area contributed by atoms with Crippen molar-refractivity contribution < 1.29 is 13.4 Å². The van der Waals surface area contributed by atoms with Gasteiger partial charge in [-0.2, -0.15) is 0 Å². The third-order valence-corrected chi connectivity index (χ3v) is 3.75. The standard InChI is InChI=1S/C12H17FN2O2S/c1-3-18(17)8-7-15-12(16)9-5-4-6-10(13)11(9)14-2/h4-6,14H,3,7-8H2,1-2H3,(H,15,16). The van der Waals surface area contributed by atoms with Crippen LogP contribution < -0.4 is 10.6 Å². The fourth-order valence-electron chi connectivity index (χ4n) is 1.49. The summed E-state index contributed by atoms with van der Waals surface area (Å²) in [5.41, 5.74) is 0.423. The maximum atomic E-state index is 13.4. The molecule has 1 amide bonds. The van der Waals surface area contributed by atoms with Crippen molar-refractivity contribution in [1.82, 2.24) is 5.32 Å². The molecule has 1 aromatic rings. The van der Waals surface area contributed by atoms with Crippen molar-refractivity contribution in [2.45, 2.75) is 6.92 Å². The highest BCUT2D eigenvalue weighted by Gasteiger charge is 2.13. The molecule has 1 rings (SSSR count). The molecule has 18 heavy (non-hydrogen) atoms. The Morgan fingerprint density at radius 2 is 2.17 bits per heavy atom. The van der Waals surface area contributed by atoms with E-state index in [9.17, 15) is 13.4 Å². The Morgan fingerprint density at radius 3 is 2.78 bits per heavy atom. The van der Waals surface area contributed by atoms with E-state index in [1.54, 1.807) is 13.1 Å². The van der Waals surface area contributed by atoms with Crippen LogP contribution in [-0.2, 0) is 10.8 Å². The number of carbonyl (C=O) groups is 1. The van der Waals surface area contributed by atoms with E-state index >= 15 is 0 Å². The molecule has 0 bridgehead atoms. The number of halogens is 1. The third-order valence-electron chi connectivity index (χ3n) is 2.45. The maximum absolute atomic E-state index is 13.4. The normalized spacial score (nSPS) is 11.9. The summed E-state index contributed by atoms with van der Waals surface area (Å²) in [4.78, 5) is 11.8. The number of amides is 1. The second-order valence-corrected chi connectivity index (χ2v) is 5.47. The SMILES string of the molecule is CCS(=O)CCNC(=O)c1cccc(F)c1NC. The first-order chi connectivity index (χ1) is 8.60. The average Bonchev–Trinajstić information content (AvgIpc) is 2.37. The molecule has 0 aromatic heterocycles. The Labute approximate surface area is 108 Å². The van der Waals surface area contributed by atoms with Crippen molar-refractivity contribution in [3.63, 3.8) is 0 Å². The monoisotopic (exact) mass is 272 g/mol. The van der Waals surface area contributed by atoms with Gasteiger partial charge >= 0.3 is 0 Å². The lowest BCUT2D eigenvalue weighted by atomic mass is 10.1. The van der Waals surface area contributed by atoms with Gasteiger partial charge in [0.05, 0.1) is 11.3 Å². The van der Waals surface area contributed by atoms with Crippen LogP contribution in [0.15, 0.2) is 18.2 Å². The summed E-state index contributed by atoms with van der Waals surface area (Å²) >= 11 is 0. The molecule has 0 aliphatic rings. The Hall–Kier alpha value is -1.43. The van der Waals surface area contributed by atoms with Crippen molar-refractivity contribution in [2.24, 2.45) is 0 Å². The van der Waals surface area contributed by atoms with E-state index in [0.29, 0.717) is 18.1 Å². The summed E-state index contributed by atoms with van der Waals surface area (Å²) < 4.78 is 24.6. The lowest BCUT2D eigenvalue weighted by Crippen LogP contribution is -2.28. The Bertz CT molecular complexity index is 452. The average molecular weight is 272 g/mol. The van der Waals surface area contributed by atoms with Crippen LogP contribution in [-0.4, -0.2) is 35.2 Å². The van der Waals surface area contributed by atoms with Crippen LogP contribution in [0.3, 0.4) is 0 Å². The molecule has 100 valence electrons.